The van der Waals surface area contributed by atoms with Crippen molar-refractivity contribution >= 4 is 34.0 Å². The van der Waals surface area contributed by atoms with Crippen molar-refractivity contribution in [2.75, 3.05) is 11.6 Å². The Hall–Kier alpha value is -2.72. The van der Waals surface area contributed by atoms with Crippen LogP contribution in [0.15, 0.2) is 48.5 Å². The van der Waals surface area contributed by atoms with Gasteiger partial charge in [-0.1, -0.05) is 23.7 Å². The summed E-state index contributed by atoms with van der Waals surface area (Å²) in [6.07, 6.45) is 0. The van der Waals surface area contributed by atoms with E-state index in [-0.39, 0.29) is 5.97 Å². The molecular formula is C19H12ClNO3. The molecule has 0 aliphatic carbocycles. The lowest BCUT2D eigenvalue weighted by molar-refractivity contribution is 0.0754. The molecule has 2 aliphatic heterocycles. The molecule has 5 rings (SSSR count). The highest BCUT2D eigenvalue weighted by atomic mass is 35.5. The molecule has 0 bridgehead atoms. The average molecular weight is 338 g/mol. The van der Waals surface area contributed by atoms with Gasteiger partial charge in [0, 0.05) is 27.0 Å². The van der Waals surface area contributed by atoms with Gasteiger partial charge < -0.3 is 14.4 Å². The zero-order valence-corrected chi connectivity index (χ0v) is 13.3. The van der Waals surface area contributed by atoms with Crippen molar-refractivity contribution < 1.29 is 14.3 Å². The minimum absolute atomic E-state index is 0.299. The monoisotopic (exact) mass is 337 g/mol. The Morgan fingerprint density at radius 2 is 1.92 bits per heavy atom. The van der Waals surface area contributed by atoms with E-state index in [1.54, 1.807) is 6.07 Å². The predicted molar refractivity (Wildman–Crippen MR) is 92.0 cm³/mol. The molecule has 0 unspecified atom stereocenters. The molecule has 0 saturated carbocycles. The van der Waals surface area contributed by atoms with Crippen LogP contribution in [-0.2, 0) is 6.54 Å². The molecule has 118 valence electrons. The number of anilines is 1. The molecule has 24 heavy (non-hydrogen) atoms. The number of nitrogens with zero attached hydrogens (tertiary/aromatic N) is 1. The van der Waals surface area contributed by atoms with E-state index in [0.29, 0.717) is 29.6 Å². The molecule has 0 fully saturated rings. The van der Waals surface area contributed by atoms with Crippen molar-refractivity contribution in [3.05, 3.63) is 64.7 Å². The number of fused-ring (bicyclic) bond motifs is 2. The number of hydrogen-bond donors (Lipinski definition) is 0. The van der Waals surface area contributed by atoms with Crippen LogP contribution in [0.5, 0.6) is 11.5 Å². The van der Waals surface area contributed by atoms with Crippen LogP contribution >= 0.6 is 11.6 Å². The number of hydrogen-bond acceptors (Lipinski definition) is 4. The van der Waals surface area contributed by atoms with Crippen molar-refractivity contribution in [3.8, 4) is 11.5 Å². The first-order valence-corrected chi connectivity index (χ1v) is 8.02. The highest BCUT2D eigenvalue weighted by Gasteiger charge is 2.29. The molecule has 4 nitrogen and oxygen atoms in total. The zero-order chi connectivity index (χ0) is 16.3. The average Bonchev–Trinajstić information content (AvgIpc) is 2.92. The van der Waals surface area contributed by atoms with Crippen LogP contribution in [-0.4, -0.2) is 12.7 Å². The zero-order valence-electron chi connectivity index (χ0n) is 12.6. The Balaban J connectivity index is 1.62. The maximum absolute atomic E-state index is 12.0. The lowest BCUT2D eigenvalue weighted by Crippen LogP contribution is -2.31. The van der Waals surface area contributed by atoms with E-state index in [9.17, 15) is 4.79 Å². The number of benzene rings is 3. The molecule has 0 N–H and O–H groups in total. The molecule has 0 saturated heterocycles. The first kappa shape index (κ1) is 13.7. The molecule has 2 aliphatic rings. The van der Waals surface area contributed by atoms with Gasteiger partial charge in [0.05, 0.1) is 12.1 Å². The Bertz CT molecular complexity index is 998. The summed E-state index contributed by atoms with van der Waals surface area (Å²) in [6, 6.07) is 15.2. The van der Waals surface area contributed by atoms with E-state index in [0.717, 1.165) is 27.8 Å². The normalized spacial score (nSPS) is 15.2. The summed E-state index contributed by atoms with van der Waals surface area (Å²) in [5, 5.41) is 2.48. The summed E-state index contributed by atoms with van der Waals surface area (Å²) in [6.45, 7) is 1.13. The van der Waals surface area contributed by atoms with Crippen molar-refractivity contribution in [1.82, 2.24) is 0 Å². The van der Waals surface area contributed by atoms with Crippen molar-refractivity contribution in [2.45, 2.75) is 6.54 Å². The second kappa shape index (κ2) is 4.89. The SMILES string of the molecule is O=C1Oc2cc3c(c4cccc1c24)OCN(c1ccc(Cl)cc1)C3. The highest BCUT2D eigenvalue weighted by molar-refractivity contribution is 6.30. The van der Waals surface area contributed by atoms with E-state index >= 15 is 0 Å². The third-order valence-corrected chi connectivity index (χ3v) is 4.74. The first-order chi connectivity index (χ1) is 11.7. The molecule has 0 spiro atoms. The van der Waals surface area contributed by atoms with Gasteiger partial charge in [0.25, 0.3) is 0 Å². The summed E-state index contributed by atoms with van der Waals surface area (Å²) < 4.78 is 11.4. The highest BCUT2D eigenvalue weighted by Crippen LogP contribution is 2.44. The molecule has 3 aromatic carbocycles. The van der Waals surface area contributed by atoms with Crippen molar-refractivity contribution in [2.24, 2.45) is 0 Å². The van der Waals surface area contributed by atoms with Gasteiger partial charge in [-0.25, -0.2) is 4.79 Å². The van der Waals surface area contributed by atoms with Gasteiger partial charge in [-0.2, -0.15) is 0 Å². The Morgan fingerprint density at radius 3 is 2.75 bits per heavy atom. The molecule has 0 aromatic heterocycles. The number of esters is 1. The maximum Gasteiger partial charge on any atom is 0.344 e. The summed E-state index contributed by atoms with van der Waals surface area (Å²) in [7, 11) is 0. The van der Waals surface area contributed by atoms with Gasteiger partial charge in [0.15, 0.2) is 6.73 Å². The Morgan fingerprint density at radius 1 is 1.08 bits per heavy atom. The topological polar surface area (TPSA) is 38.8 Å². The largest absolute Gasteiger partial charge is 0.472 e. The van der Waals surface area contributed by atoms with E-state index in [1.807, 2.05) is 42.5 Å². The van der Waals surface area contributed by atoms with Gasteiger partial charge >= 0.3 is 5.97 Å². The Kier molecular flexibility index (Phi) is 2.79. The summed E-state index contributed by atoms with van der Waals surface area (Å²) in [5.41, 5.74) is 2.65. The number of carbonyl (C=O) groups is 1. The standard InChI is InChI=1S/C19H12ClNO3/c20-12-4-6-13(7-5-12)21-9-11-8-16-17-14(18(11)23-10-21)2-1-3-15(17)19(22)24-16/h1-8H,9-10H2. The molecule has 0 atom stereocenters. The summed E-state index contributed by atoms with van der Waals surface area (Å²) in [4.78, 5) is 14.1. The van der Waals surface area contributed by atoms with Crippen LogP contribution < -0.4 is 14.4 Å². The van der Waals surface area contributed by atoms with Gasteiger partial charge in [0.2, 0.25) is 0 Å². The fourth-order valence-corrected chi connectivity index (χ4v) is 3.51. The fourth-order valence-electron chi connectivity index (χ4n) is 3.38. The van der Waals surface area contributed by atoms with Gasteiger partial charge in [-0.15, -0.1) is 0 Å². The van der Waals surface area contributed by atoms with Gasteiger partial charge in [-0.05, 0) is 36.4 Å². The molecule has 2 heterocycles. The minimum atomic E-state index is -0.299. The maximum atomic E-state index is 12.0. The number of halogens is 1. The van der Waals surface area contributed by atoms with Crippen molar-refractivity contribution in [1.29, 1.82) is 0 Å². The van der Waals surface area contributed by atoms with Crippen molar-refractivity contribution in [3.63, 3.8) is 0 Å². The number of ether oxygens (including phenoxy) is 2. The molecule has 0 radical (unpaired) electrons. The molecule has 5 heteroatoms. The first-order valence-electron chi connectivity index (χ1n) is 7.65. The van der Waals surface area contributed by atoms with Crippen LogP contribution in [0.4, 0.5) is 5.69 Å². The lowest BCUT2D eigenvalue weighted by atomic mass is 10.00. The smallest absolute Gasteiger partial charge is 0.344 e. The van der Waals surface area contributed by atoms with Crippen LogP contribution in [0.3, 0.4) is 0 Å². The minimum Gasteiger partial charge on any atom is -0.472 e. The van der Waals surface area contributed by atoms with E-state index in [2.05, 4.69) is 4.90 Å². The summed E-state index contributed by atoms with van der Waals surface area (Å²) >= 11 is 5.96. The molecule has 0 amide bonds. The molecular weight excluding hydrogens is 326 g/mol. The second-order valence-electron chi connectivity index (χ2n) is 5.93. The quantitative estimate of drug-likeness (QED) is 0.488. The van der Waals surface area contributed by atoms with Crippen LogP contribution in [0.2, 0.25) is 5.02 Å². The van der Waals surface area contributed by atoms with Crippen LogP contribution in [0.25, 0.3) is 10.8 Å². The van der Waals surface area contributed by atoms with E-state index in [1.165, 1.54) is 0 Å². The second-order valence-corrected chi connectivity index (χ2v) is 6.36. The van der Waals surface area contributed by atoms with E-state index in [4.69, 9.17) is 21.1 Å². The van der Waals surface area contributed by atoms with Gasteiger partial charge in [-0.3, -0.25) is 0 Å². The third kappa shape index (κ3) is 1.90. The third-order valence-electron chi connectivity index (χ3n) is 4.49. The lowest BCUT2D eigenvalue weighted by Gasteiger charge is -2.31. The number of carbonyl (C=O) groups excluding carboxylic acids is 1. The van der Waals surface area contributed by atoms with Crippen LogP contribution in [0, 0.1) is 0 Å². The summed E-state index contributed by atoms with van der Waals surface area (Å²) in [5.74, 6) is 1.15. The van der Waals surface area contributed by atoms with Crippen LogP contribution in [0.1, 0.15) is 15.9 Å². The molecule has 3 aromatic rings. The van der Waals surface area contributed by atoms with E-state index < -0.39 is 0 Å². The predicted octanol–water partition coefficient (Wildman–Crippen LogP) is 4.38. The Labute approximate surface area is 143 Å². The van der Waals surface area contributed by atoms with Gasteiger partial charge in [0.1, 0.15) is 11.5 Å². The fraction of sp³-hybridized carbons (Fsp3) is 0.105. The number of rotatable bonds is 1.